The van der Waals surface area contributed by atoms with Crippen molar-refractivity contribution in [3.05, 3.63) is 0 Å². The highest BCUT2D eigenvalue weighted by molar-refractivity contribution is 4.90. The highest BCUT2D eigenvalue weighted by Gasteiger charge is 2.47. The molecule has 0 aromatic carbocycles. The summed E-state index contributed by atoms with van der Waals surface area (Å²) in [6.07, 6.45) is -4.45. The molecule has 1 aliphatic rings. The Kier molecular flexibility index (Phi) is 2.67. The molecule has 0 radical (unpaired) electrons. The van der Waals surface area contributed by atoms with E-state index in [1.54, 1.807) is 0 Å². The normalized spacial score (nSPS) is 49.2. The first kappa shape index (κ1) is 9.85. The Morgan fingerprint density at radius 1 is 1.33 bits per heavy atom. The van der Waals surface area contributed by atoms with Gasteiger partial charge in [-0.3, -0.25) is 0 Å². The molecule has 1 unspecified atom stereocenters. The Hall–Kier alpha value is -0.240. The molecule has 0 aliphatic carbocycles. The molecule has 1 heterocycles. The molecule has 4 atom stereocenters. The molecular weight excluding hydrogens is 168 g/mol. The van der Waals surface area contributed by atoms with Crippen LogP contribution in [0.3, 0.4) is 0 Å². The van der Waals surface area contributed by atoms with Crippen molar-refractivity contribution in [2.24, 2.45) is 0 Å². The Bertz CT molecular complexity index is 162. The fourth-order valence-corrected chi connectivity index (χ4v) is 1.03. The van der Waals surface area contributed by atoms with Crippen molar-refractivity contribution in [2.45, 2.75) is 24.1 Å². The third-order valence-corrected chi connectivity index (χ3v) is 1.91. The van der Waals surface area contributed by atoms with Gasteiger partial charge in [0, 0.05) is 0 Å². The summed E-state index contributed by atoms with van der Waals surface area (Å²) in [6, 6.07) is 0. The van der Waals surface area contributed by atoms with Crippen molar-refractivity contribution in [1.82, 2.24) is 0 Å². The quantitative estimate of drug-likeness (QED) is 0.290. The average Bonchev–Trinajstić information content (AvgIpc) is 2.09. The minimum Gasteiger partial charge on any atom is -0.391 e. The summed E-state index contributed by atoms with van der Waals surface area (Å²) >= 11 is 0. The second-order valence-electron chi connectivity index (χ2n) is 2.82. The number of rotatable bonds is 1. The van der Waals surface area contributed by atoms with Gasteiger partial charge in [0.1, 0.15) is 18.3 Å². The van der Waals surface area contributed by atoms with Crippen molar-refractivity contribution < 1.29 is 30.3 Å². The van der Waals surface area contributed by atoms with Gasteiger partial charge in [0.25, 0.3) is 0 Å². The Morgan fingerprint density at radius 3 is 2.42 bits per heavy atom. The van der Waals surface area contributed by atoms with Gasteiger partial charge in [-0.25, -0.2) is 0 Å². The van der Waals surface area contributed by atoms with Gasteiger partial charge in [-0.2, -0.15) is 0 Å². The van der Waals surface area contributed by atoms with Crippen LogP contribution in [0.25, 0.3) is 0 Å². The Balaban J connectivity index is 2.71. The molecule has 1 aliphatic heterocycles. The highest BCUT2D eigenvalue weighted by Crippen LogP contribution is 2.22. The molecule has 1 fully saturated rings. The van der Waals surface area contributed by atoms with Crippen LogP contribution in [-0.2, 0) is 4.74 Å². The van der Waals surface area contributed by atoms with Crippen molar-refractivity contribution in [3.8, 4) is 0 Å². The lowest BCUT2D eigenvalue weighted by Gasteiger charge is -2.40. The van der Waals surface area contributed by atoms with E-state index in [9.17, 15) is 5.11 Å². The molecule has 5 N–H and O–H groups in total. The number of ether oxygens (including phenoxy) is 1. The van der Waals surface area contributed by atoms with Crippen LogP contribution in [0.1, 0.15) is 0 Å². The van der Waals surface area contributed by atoms with Gasteiger partial charge >= 0.3 is 0 Å². The molecule has 12 heavy (non-hydrogen) atoms. The maximum Gasteiger partial charge on any atom is 0.218 e. The van der Waals surface area contributed by atoms with Gasteiger partial charge < -0.3 is 30.3 Å². The zero-order valence-electron chi connectivity index (χ0n) is 6.29. The van der Waals surface area contributed by atoms with Gasteiger partial charge in [-0.05, 0) is 0 Å². The average molecular weight is 180 g/mol. The molecule has 0 saturated carbocycles. The molecule has 0 aromatic rings. The summed E-state index contributed by atoms with van der Waals surface area (Å²) < 4.78 is 4.56. The largest absolute Gasteiger partial charge is 0.391 e. The van der Waals surface area contributed by atoms with E-state index in [0.717, 1.165) is 0 Å². The van der Waals surface area contributed by atoms with E-state index in [0.29, 0.717) is 0 Å². The number of aliphatic hydroxyl groups is 5. The van der Waals surface area contributed by atoms with E-state index in [2.05, 4.69) is 4.74 Å². The van der Waals surface area contributed by atoms with Crippen LogP contribution in [0.15, 0.2) is 0 Å². The first-order chi connectivity index (χ1) is 5.51. The fourth-order valence-electron chi connectivity index (χ4n) is 1.03. The predicted molar refractivity (Wildman–Crippen MR) is 36.0 cm³/mol. The Morgan fingerprint density at radius 2 is 1.92 bits per heavy atom. The molecular formula is C6H12O6. The third kappa shape index (κ3) is 1.45. The molecule has 1 rings (SSSR count). The van der Waals surface area contributed by atoms with E-state index >= 15 is 0 Å². The predicted octanol–water partition coefficient (Wildman–Crippen LogP) is -3.22. The lowest BCUT2D eigenvalue weighted by Crippen LogP contribution is -2.62. The van der Waals surface area contributed by atoms with Crippen molar-refractivity contribution in [3.63, 3.8) is 0 Å². The minimum absolute atomic E-state index is 0.324. The monoisotopic (exact) mass is 180 g/mol. The molecule has 0 bridgehead atoms. The zero-order chi connectivity index (χ0) is 9.35. The van der Waals surface area contributed by atoms with E-state index < -0.39 is 30.7 Å². The zero-order valence-corrected chi connectivity index (χ0v) is 6.29. The van der Waals surface area contributed by atoms with E-state index in [4.69, 9.17) is 20.4 Å². The topological polar surface area (TPSA) is 110 Å². The summed E-state index contributed by atoms with van der Waals surface area (Å²) in [7, 11) is 0. The van der Waals surface area contributed by atoms with Crippen LogP contribution in [0, 0.1) is 0 Å². The molecule has 0 aromatic heterocycles. The van der Waals surface area contributed by atoms with E-state index in [1.165, 1.54) is 0 Å². The third-order valence-electron chi connectivity index (χ3n) is 1.91. The Labute approximate surface area is 68.6 Å². The van der Waals surface area contributed by atoms with Gasteiger partial charge in [-0.15, -0.1) is 0 Å². The van der Waals surface area contributed by atoms with Gasteiger partial charge in [0.15, 0.2) is 0 Å². The standard InChI is InChI=1S/C6H12O6/c7-2-6(11)5(10)4(9)3(8)1-12-6/h3-5,7-11H,1-2H2/t3-,4+,5?,6+/m0/s1. The molecule has 0 amide bonds. The van der Waals surface area contributed by atoms with E-state index in [1.807, 2.05) is 0 Å². The smallest absolute Gasteiger partial charge is 0.218 e. The lowest BCUT2D eigenvalue weighted by molar-refractivity contribution is -0.331. The molecule has 6 heteroatoms. The van der Waals surface area contributed by atoms with Crippen LogP contribution >= 0.6 is 0 Å². The second kappa shape index (κ2) is 3.25. The summed E-state index contributed by atoms with van der Waals surface area (Å²) in [5, 5.41) is 45.0. The van der Waals surface area contributed by atoms with Crippen LogP contribution in [0.2, 0.25) is 0 Å². The van der Waals surface area contributed by atoms with E-state index in [-0.39, 0.29) is 6.61 Å². The first-order valence-corrected chi connectivity index (χ1v) is 3.52. The summed E-state index contributed by atoms with van der Waals surface area (Å²) in [5.74, 6) is -2.17. The first-order valence-electron chi connectivity index (χ1n) is 3.52. The fraction of sp³-hybridized carbons (Fsp3) is 1.00. The minimum atomic E-state index is -2.17. The second-order valence-corrected chi connectivity index (χ2v) is 2.82. The highest BCUT2D eigenvalue weighted by atomic mass is 16.7. The maximum atomic E-state index is 9.24. The molecule has 72 valence electrons. The molecule has 1 saturated heterocycles. The number of aliphatic hydroxyl groups excluding tert-OH is 4. The van der Waals surface area contributed by atoms with Gasteiger partial charge in [0.05, 0.1) is 13.2 Å². The van der Waals surface area contributed by atoms with Crippen LogP contribution in [-0.4, -0.2) is 62.8 Å². The van der Waals surface area contributed by atoms with Crippen molar-refractivity contribution in [1.29, 1.82) is 0 Å². The van der Waals surface area contributed by atoms with Gasteiger partial charge in [-0.1, -0.05) is 0 Å². The maximum absolute atomic E-state index is 9.24. The number of hydrogen-bond donors (Lipinski definition) is 5. The van der Waals surface area contributed by atoms with Crippen LogP contribution in [0.5, 0.6) is 0 Å². The van der Waals surface area contributed by atoms with Crippen LogP contribution < -0.4 is 0 Å². The van der Waals surface area contributed by atoms with Crippen molar-refractivity contribution >= 4 is 0 Å². The SMILES string of the molecule is OC[C@@]1(O)OC[C@H](O)[C@@H](O)C1O. The van der Waals surface area contributed by atoms with Gasteiger partial charge in [0.2, 0.25) is 5.79 Å². The lowest BCUT2D eigenvalue weighted by atomic mass is 9.98. The summed E-state index contributed by atoms with van der Waals surface area (Å²) in [5.41, 5.74) is 0. The van der Waals surface area contributed by atoms with Crippen LogP contribution in [0.4, 0.5) is 0 Å². The molecule has 6 nitrogen and oxygen atoms in total. The van der Waals surface area contributed by atoms with Crippen molar-refractivity contribution in [2.75, 3.05) is 13.2 Å². The number of hydrogen-bond acceptors (Lipinski definition) is 6. The summed E-state index contributed by atoms with van der Waals surface area (Å²) in [4.78, 5) is 0. The summed E-state index contributed by atoms with van der Waals surface area (Å²) in [6.45, 7) is -1.16. The molecule has 0 spiro atoms.